The van der Waals surface area contributed by atoms with E-state index in [1.807, 2.05) is 5.92 Å². The van der Waals surface area contributed by atoms with E-state index in [1.165, 1.54) is 32.2 Å². The Bertz CT molecular complexity index is 587. The molecule has 3 nitrogen and oxygen atoms in total. The third-order valence-electron chi connectivity index (χ3n) is 2.74. The number of carboxylic acid groups (broad SMARTS) is 1. The van der Waals surface area contributed by atoms with Crippen LogP contribution in [-0.4, -0.2) is 24.4 Å². The summed E-state index contributed by atoms with van der Waals surface area (Å²) in [6.45, 7) is 1.32. The lowest BCUT2D eigenvalue weighted by atomic mass is 9.87. The van der Waals surface area contributed by atoms with E-state index in [9.17, 15) is 23.1 Å². The summed E-state index contributed by atoms with van der Waals surface area (Å²) in [6, 6.07) is 4.23. The van der Waals surface area contributed by atoms with Gasteiger partial charge in [-0.3, -0.25) is 4.79 Å². The van der Waals surface area contributed by atoms with Crippen molar-refractivity contribution >= 4 is 17.6 Å². The first-order valence-corrected chi connectivity index (χ1v) is 6.19. The Balaban J connectivity index is 3.18. The summed E-state index contributed by atoms with van der Waals surface area (Å²) >= 11 is 5.83. The maximum atomic E-state index is 12.1. The largest absolute Gasteiger partial charge is 0.495 e. The standard InChI is InChI=1S/C14H12ClF3O3/c1-8(5-6-14(16,17)18)12(13(19)20)9-3-4-10(15)11(7-9)21-2/h3-4,7-8,12H,1-2H3,(H,19,20)/t8-,12-/m0/s1. The van der Waals surface area contributed by atoms with Crippen LogP contribution >= 0.6 is 11.6 Å². The summed E-state index contributed by atoms with van der Waals surface area (Å²) in [5.74, 6) is -0.256. The molecule has 0 saturated heterocycles. The van der Waals surface area contributed by atoms with Crippen molar-refractivity contribution in [2.24, 2.45) is 5.92 Å². The quantitative estimate of drug-likeness (QED) is 0.860. The summed E-state index contributed by atoms with van der Waals surface area (Å²) in [6.07, 6.45) is -4.66. The van der Waals surface area contributed by atoms with E-state index in [1.54, 1.807) is 0 Å². The van der Waals surface area contributed by atoms with Gasteiger partial charge in [0.2, 0.25) is 0 Å². The molecule has 0 aliphatic rings. The number of methoxy groups -OCH3 is 1. The molecule has 2 atom stereocenters. The van der Waals surface area contributed by atoms with Gasteiger partial charge in [-0.25, -0.2) is 0 Å². The molecule has 0 radical (unpaired) electrons. The fourth-order valence-electron chi connectivity index (χ4n) is 1.79. The summed E-state index contributed by atoms with van der Waals surface area (Å²) in [5, 5.41) is 9.51. The van der Waals surface area contributed by atoms with Crippen molar-refractivity contribution in [3.8, 4) is 17.6 Å². The average Bonchev–Trinajstić information content (AvgIpc) is 2.37. The molecule has 7 heteroatoms. The summed E-state index contributed by atoms with van der Waals surface area (Å²) in [5.41, 5.74) is 0.271. The van der Waals surface area contributed by atoms with Crippen LogP contribution in [0.4, 0.5) is 13.2 Å². The molecule has 0 bridgehead atoms. The number of carboxylic acids is 1. The van der Waals surface area contributed by atoms with E-state index >= 15 is 0 Å². The van der Waals surface area contributed by atoms with Crippen LogP contribution in [0, 0.1) is 17.8 Å². The smallest absolute Gasteiger partial charge is 0.457 e. The Morgan fingerprint density at radius 3 is 2.52 bits per heavy atom. The van der Waals surface area contributed by atoms with Crippen LogP contribution in [0.15, 0.2) is 18.2 Å². The monoisotopic (exact) mass is 320 g/mol. The number of alkyl halides is 3. The van der Waals surface area contributed by atoms with Crippen molar-refractivity contribution in [1.29, 1.82) is 0 Å². The first kappa shape index (κ1) is 17.2. The second-order valence-electron chi connectivity index (χ2n) is 4.27. The molecule has 0 amide bonds. The van der Waals surface area contributed by atoms with Crippen molar-refractivity contribution in [1.82, 2.24) is 0 Å². The number of rotatable bonds is 4. The zero-order chi connectivity index (χ0) is 16.2. The molecule has 1 N–H and O–H groups in total. The fourth-order valence-corrected chi connectivity index (χ4v) is 1.99. The second kappa shape index (κ2) is 6.72. The lowest BCUT2D eigenvalue weighted by Crippen LogP contribution is -2.19. The van der Waals surface area contributed by atoms with Gasteiger partial charge in [0.25, 0.3) is 0 Å². The number of benzene rings is 1. The lowest BCUT2D eigenvalue weighted by Gasteiger charge is -2.17. The van der Waals surface area contributed by atoms with Gasteiger partial charge in [0, 0.05) is 11.8 Å². The van der Waals surface area contributed by atoms with Gasteiger partial charge < -0.3 is 9.84 Å². The van der Waals surface area contributed by atoms with Crippen LogP contribution in [0.1, 0.15) is 18.4 Å². The molecule has 0 spiro atoms. The summed E-state index contributed by atoms with van der Waals surface area (Å²) < 4.78 is 41.3. The predicted octanol–water partition coefficient (Wildman–Crippen LogP) is 3.72. The van der Waals surface area contributed by atoms with Crippen LogP contribution in [0.5, 0.6) is 5.75 Å². The average molecular weight is 321 g/mol. The topological polar surface area (TPSA) is 46.5 Å². The second-order valence-corrected chi connectivity index (χ2v) is 4.67. The third-order valence-corrected chi connectivity index (χ3v) is 3.05. The first-order valence-electron chi connectivity index (χ1n) is 5.81. The molecular weight excluding hydrogens is 309 g/mol. The van der Waals surface area contributed by atoms with Crippen molar-refractivity contribution in [2.75, 3.05) is 7.11 Å². The first-order chi connectivity index (χ1) is 9.65. The van der Waals surface area contributed by atoms with Crippen LogP contribution < -0.4 is 4.74 Å². The van der Waals surface area contributed by atoms with E-state index in [0.29, 0.717) is 0 Å². The molecule has 1 rings (SSSR count). The van der Waals surface area contributed by atoms with Gasteiger partial charge in [0.15, 0.2) is 0 Å². The maximum absolute atomic E-state index is 12.1. The highest BCUT2D eigenvalue weighted by Gasteiger charge is 2.28. The van der Waals surface area contributed by atoms with Crippen LogP contribution in [0.3, 0.4) is 0 Å². The van der Waals surface area contributed by atoms with Gasteiger partial charge in [0.05, 0.1) is 18.1 Å². The predicted molar refractivity (Wildman–Crippen MR) is 71.4 cm³/mol. The molecule has 21 heavy (non-hydrogen) atoms. The highest BCUT2D eigenvalue weighted by atomic mass is 35.5. The molecule has 0 fully saturated rings. The molecule has 1 aromatic carbocycles. The van der Waals surface area contributed by atoms with Crippen LogP contribution in [0.25, 0.3) is 0 Å². The van der Waals surface area contributed by atoms with E-state index in [0.717, 1.165) is 5.92 Å². The Labute approximate surface area is 124 Å². The van der Waals surface area contributed by atoms with Crippen LogP contribution in [0.2, 0.25) is 5.02 Å². The number of hydrogen-bond donors (Lipinski definition) is 1. The van der Waals surface area contributed by atoms with Gasteiger partial charge >= 0.3 is 12.1 Å². The molecule has 0 aliphatic carbocycles. The normalized spacial score (nSPS) is 13.8. The minimum Gasteiger partial charge on any atom is -0.495 e. The number of aliphatic carboxylic acids is 1. The van der Waals surface area contributed by atoms with Crippen molar-refractivity contribution < 1.29 is 27.8 Å². The Hall–Kier alpha value is -1.87. The molecular formula is C14H12ClF3O3. The van der Waals surface area contributed by atoms with Gasteiger partial charge in [-0.15, -0.1) is 0 Å². The van der Waals surface area contributed by atoms with E-state index in [4.69, 9.17) is 16.3 Å². The minimum atomic E-state index is -4.66. The number of ether oxygens (including phenoxy) is 1. The fraction of sp³-hybridized carbons (Fsp3) is 0.357. The highest BCUT2D eigenvalue weighted by Crippen LogP contribution is 2.32. The van der Waals surface area contributed by atoms with Gasteiger partial charge in [0.1, 0.15) is 5.75 Å². The number of hydrogen-bond acceptors (Lipinski definition) is 2. The molecule has 0 heterocycles. The van der Waals surface area contributed by atoms with E-state index in [2.05, 4.69) is 0 Å². The zero-order valence-corrected chi connectivity index (χ0v) is 11.9. The molecule has 1 aromatic rings. The highest BCUT2D eigenvalue weighted by molar-refractivity contribution is 6.32. The molecule has 114 valence electrons. The summed E-state index contributed by atoms with van der Waals surface area (Å²) in [7, 11) is 1.35. The van der Waals surface area contributed by atoms with Gasteiger partial charge in [-0.05, 0) is 17.7 Å². The van der Waals surface area contributed by atoms with Crippen molar-refractivity contribution in [2.45, 2.75) is 19.0 Å². The van der Waals surface area contributed by atoms with Gasteiger partial charge in [-0.1, -0.05) is 30.5 Å². The number of halogens is 4. The maximum Gasteiger partial charge on any atom is 0.457 e. The van der Waals surface area contributed by atoms with Crippen molar-refractivity contribution in [3.05, 3.63) is 28.8 Å². The Morgan fingerprint density at radius 2 is 2.05 bits per heavy atom. The minimum absolute atomic E-state index is 0.247. The van der Waals surface area contributed by atoms with Crippen molar-refractivity contribution in [3.63, 3.8) is 0 Å². The lowest BCUT2D eigenvalue weighted by molar-refractivity contribution is -0.139. The molecule has 0 unspecified atom stereocenters. The van der Waals surface area contributed by atoms with Crippen LogP contribution in [-0.2, 0) is 4.79 Å². The number of carbonyl (C=O) groups is 1. The Morgan fingerprint density at radius 1 is 1.43 bits per heavy atom. The third kappa shape index (κ3) is 4.87. The van der Waals surface area contributed by atoms with E-state index < -0.39 is 24.0 Å². The SMILES string of the molecule is COc1cc([C@@H](C(=O)O)[C@@H](C)C#CC(F)(F)F)ccc1Cl. The zero-order valence-electron chi connectivity index (χ0n) is 11.2. The van der Waals surface area contributed by atoms with E-state index in [-0.39, 0.29) is 16.3 Å². The molecule has 0 aromatic heterocycles. The molecule has 0 saturated carbocycles. The van der Waals surface area contributed by atoms with Gasteiger partial charge in [-0.2, -0.15) is 13.2 Å². The Kier molecular flexibility index (Phi) is 5.50. The molecule has 0 aliphatic heterocycles. The summed E-state index contributed by atoms with van der Waals surface area (Å²) in [4.78, 5) is 11.3.